The molecule has 1 aliphatic rings. The lowest BCUT2D eigenvalue weighted by atomic mass is 9.99. The first-order valence-corrected chi connectivity index (χ1v) is 9.03. The van der Waals surface area contributed by atoms with Crippen molar-refractivity contribution in [2.75, 3.05) is 32.2 Å². The Morgan fingerprint density at radius 1 is 1.07 bits per heavy atom. The first-order valence-electron chi connectivity index (χ1n) is 9.03. The lowest BCUT2D eigenvalue weighted by Crippen LogP contribution is -2.37. The summed E-state index contributed by atoms with van der Waals surface area (Å²) in [5.41, 5.74) is 1.88. The molecule has 0 aliphatic carbocycles. The highest BCUT2D eigenvalue weighted by Crippen LogP contribution is 2.37. The number of aryl methyl sites for hydroxylation is 1. The van der Waals surface area contributed by atoms with Gasteiger partial charge < -0.3 is 18.9 Å². The highest BCUT2D eigenvalue weighted by atomic mass is 16.5. The standard InChI is InChI=1S/C21H21N3O4/c1-23-11-16(13-7-18(27-2)17(12-25)19(8-13)28-3)14-9-20(24-5-4-6-24)22-10-15(14)21(23)26/h7-12H,4-6H2,1-3H3. The van der Waals surface area contributed by atoms with Crippen molar-refractivity contribution >= 4 is 22.9 Å². The van der Waals surface area contributed by atoms with Crippen molar-refractivity contribution in [3.05, 3.63) is 46.5 Å². The Morgan fingerprint density at radius 2 is 1.75 bits per heavy atom. The zero-order valence-corrected chi connectivity index (χ0v) is 16.1. The molecule has 0 bridgehead atoms. The molecule has 2 aromatic heterocycles. The monoisotopic (exact) mass is 379 g/mol. The average Bonchev–Trinajstić information content (AvgIpc) is 2.68. The van der Waals surface area contributed by atoms with Crippen LogP contribution in [0.3, 0.4) is 0 Å². The topological polar surface area (TPSA) is 73.7 Å². The van der Waals surface area contributed by atoms with Crippen LogP contribution < -0.4 is 19.9 Å². The van der Waals surface area contributed by atoms with Crippen LogP contribution in [0, 0.1) is 0 Å². The molecule has 144 valence electrons. The Bertz CT molecular complexity index is 1110. The van der Waals surface area contributed by atoms with Crippen molar-refractivity contribution in [3.63, 3.8) is 0 Å². The molecule has 0 spiro atoms. The molecule has 0 radical (unpaired) electrons. The summed E-state index contributed by atoms with van der Waals surface area (Å²) in [5.74, 6) is 1.70. The molecule has 3 aromatic rings. The van der Waals surface area contributed by atoms with Gasteiger partial charge in [-0.05, 0) is 30.2 Å². The molecule has 0 N–H and O–H groups in total. The normalized spacial score (nSPS) is 13.3. The second kappa shape index (κ2) is 6.99. The van der Waals surface area contributed by atoms with Crippen LogP contribution in [0.15, 0.2) is 35.4 Å². The molecule has 28 heavy (non-hydrogen) atoms. The first kappa shape index (κ1) is 18.0. The molecule has 4 rings (SSSR count). The van der Waals surface area contributed by atoms with Gasteiger partial charge >= 0.3 is 0 Å². The molecular formula is C21H21N3O4. The van der Waals surface area contributed by atoms with Crippen LogP contribution in [0.2, 0.25) is 0 Å². The summed E-state index contributed by atoms with van der Waals surface area (Å²) in [7, 11) is 4.73. The van der Waals surface area contributed by atoms with E-state index in [4.69, 9.17) is 9.47 Å². The van der Waals surface area contributed by atoms with Gasteiger partial charge in [-0.2, -0.15) is 0 Å². The number of hydrogen-bond donors (Lipinski definition) is 0. The number of nitrogens with zero attached hydrogens (tertiary/aromatic N) is 3. The maximum atomic E-state index is 12.6. The molecule has 1 saturated heterocycles. The van der Waals surface area contributed by atoms with Gasteiger partial charge in [0.25, 0.3) is 5.56 Å². The number of anilines is 1. The second-order valence-corrected chi connectivity index (χ2v) is 6.80. The molecule has 0 unspecified atom stereocenters. The van der Waals surface area contributed by atoms with Gasteiger partial charge in [-0.15, -0.1) is 0 Å². The van der Waals surface area contributed by atoms with E-state index >= 15 is 0 Å². The van der Waals surface area contributed by atoms with Gasteiger partial charge in [-0.3, -0.25) is 9.59 Å². The summed E-state index contributed by atoms with van der Waals surface area (Å²) in [5, 5.41) is 1.35. The summed E-state index contributed by atoms with van der Waals surface area (Å²) in [4.78, 5) is 30.8. The predicted octanol–water partition coefficient (Wildman–Crippen LogP) is 2.64. The van der Waals surface area contributed by atoms with E-state index in [9.17, 15) is 9.59 Å². The highest BCUT2D eigenvalue weighted by Gasteiger charge is 2.19. The van der Waals surface area contributed by atoms with Crippen LogP contribution in [-0.4, -0.2) is 43.1 Å². The van der Waals surface area contributed by atoms with Crippen LogP contribution >= 0.6 is 0 Å². The average molecular weight is 379 g/mol. The molecule has 7 nitrogen and oxygen atoms in total. The quantitative estimate of drug-likeness (QED) is 0.635. The molecule has 0 atom stereocenters. The molecular weight excluding hydrogens is 358 g/mol. The van der Waals surface area contributed by atoms with E-state index in [1.165, 1.54) is 18.8 Å². The lowest BCUT2D eigenvalue weighted by molar-refractivity contribution is 0.111. The van der Waals surface area contributed by atoms with Crippen molar-refractivity contribution in [2.45, 2.75) is 6.42 Å². The van der Waals surface area contributed by atoms with Gasteiger partial charge in [0.15, 0.2) is 6.29 Å². The van der Waals surface area contributed by atoms with Crippen molar-refractivity contribution in [1.29, 1.82) is 0 Å². The number of methoxy groups -OCH3 is 2. The van der Waals surface area contributed by atoms with Crippen molar-refractivity contribution < 1.29 is 14.3 Å². The minimum atomic E-state index is -0.107. The number of rotatable bonds is 5. The largest absolute Gasteiger partial charge is 0.496 e. The van der Waals surface area contributed by atoms with Gasteiger partial charge in [-0.25, -0.2) is 4.98 Å². The van der Waals surface area contributed by atoms with E-state index < -0.39 is 0 Å². The van der Waals surface area contributed by atoms with Crippen LogP contribution in [0.25, 0.3) is 21.9 Å². The summed E-state index contributed by atoms with van der Waals surface area (Å²) in [6.07, 6.45) is 5.29. The maximum absolute atomic E-state index is 12.6. The SMILES string of the molecule is COc1cc(-c2cn(C)c(=O)c3cnc(N4CCC4)cc23)cc(OC)c1C=O. The first-order chi connectivity index (χ1) is 13.6. The van der Waals surface area contributed by atoms with Crippen LogP contribution in [0.4, 0.5) is 5.82 Å². The number of ether oxygens (including phenoxy) is 2. The number of aromatic nitrogens is 2. The second-order valence-electron chi connectivity index (χ2n) is 6.80. The van der Waals surface area contributed by atoms with Crippen molar-refractivity contribution in [2.24, 2.45) is 7.05 Å². The third-order valence-corrected chi connectivity index (χ3v) is 5.21. The number of hydrogen-bond acceptors (Lipinski definition) is 6. The highest BCUT2D eigenvalue weighted by molar-refractivity contribution is 5.98. The van der Waals surface area contributed by atoms with E-state index in [1.807, 2.05) is 6.07 Å². The Hall–Kier alpha value is -3.35. The molecule has 1 fully saturated rings. The summed E-state index contributed by atoms with van der Waals surface area (Å²) in [6, 6.07) is 5.53. The number of pyridine rings is 2. The maximum Gasteiger partial charge on any atom is 0.259 e. The number of benzene rings is 1. The minimum absolute atomic E-state index is 0.107. The number of carbonyl (C=O) groups excluding carboxylic acids is 1. The van der Waals surface area contributed by atoms with Crippen LogP contribution in [0.5, 0.6) is 11.5 Å². The Labute approximate surface area is 162 Å². The van der Waals surface area contributed by atoms with Gasteiger partial charge in [-0.1, -0.05) is 0 Å². The number of carbonyl (C=O) groups is 1. The number of aldehydes is 1. The molecule has 0 amide bonds. The van der Waals surface area contributed by atoms with Crippen molar-refractivity contribution in [3.8, 4) is 22.6 Å². The Kier molecular flexibility index (Phi) is 4.50. The Morgan fingerprint density at radius 3 is 2.29 bits per heavy atom. The minimum Gasteiger partial charge on any atom is -0.496 e. The lowest BCUT2D eigenvalue weighted by Gasteiger charge is -2.32. The fraction of sp³-hybridized carbons (Fsp3) is 0.286. The van der Waals surface area contributed by atoms with Crippen LogP contribution in [-0.2, 0) is 7.05 Å². The summed E-state index contributed by atoms with van der Waals surface area (Å²) >= 11 is 0. The molecule has 3 heterocycles. The third kappa shape index (κ3) is 2.79. The van der Waals surface area contributed by atoms with E-state index in [2.05, 4.69) is 9.88 Å². The van der Waals surface area contributed by atoms with E-state index in [-0.39, 0.29) is 5.56 Å². The van der Waals surface area contributed by atoms with Gasteiger partial charge in [0.05, 0.1) is 25.2 Å². The van der Waals surface area contributed by atoms with Gasteiger partial charge in [0.1, 0.15) is 17.3 Å². The zero-order chi connectivity index (χ0) is 19.8. The van der Waals surface area contributed by atoms with Gasteiger partial charge in [0, 0.05) is 43.5 Å². The fourth-order valence-corrected chi connectivity index (χ4v) is 3.51. The third-order valence-electron chi connectivity index (χ3n) is 5.21. The van der Waals surface area contributed by atoms with Crippen LogP contribution in [0.1, 0.15) is 16.8 Å². The van der Waals surface area contributed by atoms with Crippen molar-refractivity contribution in [1.82, 2.24) is 9.55 Å². The molecule has 7 heteroatoms. The Balaban J connectivity index is 2.01. The molecule has 1 aliphatic heterocycles. The van der Waals surface area contributed by atoms with E-state index in [1.54, 1.807) is 31.6 Å². The summed E-state index contributed by atoms with van der Waals surface area (Å²) < 4.78 is 12.3. The summed E-state index contributed by atoms with van der Waals surface area (Å²) in [6.45, 7) is 1.93. The fourth-order valence-electron chi connectivity index (χ4n) is 3.51. The number of fused-ring (bicyclic) bond motifs is 1. The predicted molar refractivity (Wildman–Crippen MR) is 108 cm³/mol. The zero-order valence-electron chi connectivity index (χ0n) is 16.1. The van der Waals surface area contributed by atoms with E-state index in [0.717, 1.165) is 41.8 Å². The smallest absolute Gasteiger partial charge is 0.259 e. The van der Waals surface area contributed by atoms with Gasteiger partial charge in [0.2, 0.25) is 0 Å². The molecule has 0 saturated carbocycles. The molecule has 1 aromatic carbocycles. The van der Waals surface area contributed by atoms with E-state index in [0.29, 0.717) is 28.7 Å².